The number of fused-ring (bicyclic) bond motifs is 1. The number of phosphoric ester groups is 2. The van der Waals surface area contributed by atoms with E-state index in [2.05, 4.69) is 27.7 Å². The molecule has 2 aromatic carbocycles. The molecule has 556 valence electrons. The predicted octanol–water partition coefficient (Wildman–Crippen LogP) is 10.2. The van der Waals surface area contributed by atoms with Gasteiger partial charge in [-0.05, 0) is 56.0 Å². The van der Waals surface area contributed by atoms with Crippen LogP contribution >= 0.6 is 15.6 Å². The van der Waals surface area contributed by atoms with Crippen LogP contribution in [0.2, 0.25) is 0 Å². The fraction of sp³-hybridized carbons (Fsp3) is 0.736. The molecule has 1 heterocycles. The predicted molar refractivity (Wildman–Crippen MR) is 369 cm³/mol. The standard InChI is InChI=1S/C57H110O17P2.C15H10O6.2Na/c1-5-9-13-17-21-25-29-33-37-41-54(59)67-47-52(73-56(61)43-39-35-31-27-23-19-15-11-7-3)49-71-75(63,64)69-45-51(58)46-70-76(65,66)72-50-53(74-57(62)44-40-36-32-28-24-20-16-12-8-4)48-68-55(60)42-38-34-30-26-22-18-14-10-6-2;16-8-2-3-9-12(6-8)21-15(14(20)13(9)19)7-1-4-10(17)11(18)5-7;;/h51-53,58H,5-50H2,1-4H3,(H,63,64)(H,65,66);1-6,16-18,20H;;/q;;2*+1/p-2. The van der Waals surface area contributed by atoms with Crippen LogP contribution in [0.25, 0.3) is 22.3 Å². The SMILES string of the molecule is CCCCCCCCCCCC(=O)OCC(COP(=O)([O-])OCC(O)COP(=O)([O-])OCC(COC(=O)CCCCCCCCCCC)OC(=O)CCCCCCCCCCC)OC(=O)CCCCCCCCCCC.O=c1c(O)c(-c2ccc(O)c(O)c2)oc2cc(O)ccc12.[Na+].[Na+]. The fourth-order valence-corrected chi connectivity index (χ4v) is 12.0. The number of aliphatic hydroxyl groups is 1. The topological polar surface area (TPSA) is 354 Å². The molecule has 0 aliphatic carbocycles. The third-order valence-corrected chi connectivity index (χ3v) is 18.0. The second-order valence-corrected chi connectivity index (χ2v) is 27.9. The number of hydrogen-bond donors (Lipinski definition) is 5. The van der Waals surface area contributed by atoms with Gasteiger partial charge in [0.15, 0.2) is 29.5 Å². The second kappa shape index (κ2) is 60.2. The summed E-state index contributed by atoms with van der Waals surface area (Å²) < 4.78 is 72.1. The summed E-state index contributed by atoms with van der Waals surface area (Å²) in [7, 11) is -10.4. The van der Waals surface area contributed by atoms with Gasteiger partial charge in [-0.15, -0.1) is 0 Å². The van der Waals surface area contributed by atoms with Crippen molar-refractivity contribution in [2.24, 2.45) is 0 Å². The van der Waals surface area contributed by atoms with Crippen molar-refractivity contribution < 1.29 is 164 Å². The second-order valence-electron chi connectivity index (χ2n) is 25.1. The molecule has 3 rings (SSSR count). The van der Waals surface area contributed by atoms with Crippen molar-refractivity contribution in [1.29, 1.82) is 0 Å². The minimum atomic E-state index is -5.20. The van der Waals surface area contributed by atoms with Gasteiger partial charge in [-0.2, -0.15) is 0 Å². The van der Waals surface area contributed by atoms with Gasteiger partial charge in [-0.25, -0.2) is 0 Å². The van der Waals surface area contributed by atoms with Crippen LogP contribution in [0.5, 0.6) is 23.0 Å². The number of hydrogen-bond acceptors (Lipinski definition) is 23. The number of ether oxygens (including phenoxy) is 4. The minimum Gasteiger partial charge on any atom is -0.756 e. The number of aliphatic hydroxyl groups excluding tert-OH is 1. The minimum absolute atomic E-state index is 0. The molecule has 27 heteroatoms. The summed E-state index contributed by atoms with van der Waals surface area (Å²) in [5.74, 6) is -3.85. The molecular formula is C72H118Na2O23P2. The molecule has 0 spiro atoms. The molecule has 99 heavy (non-hydrogen) atoms. The largest absolute Gasteiger partial charge is 1.00 e. The Bertz CT molecular complexity index is 2660. The number of aromatic hydroxyl groups is 4. The zero-order chi connectivity index (χ0) is 71.4. The Labute approximate surface area is 633 Å². The molecule has 0 amide bonds. The third-order valence-electron chi connectivity index (χ3n) is 16.2. The molecule has 23 nitrogen and oxygen atoms in total. The zero-order valence-electron chi connectivity index (χ0n) is 60.7. The van der Waals surface area contributed by atoms with Gasteiger partial charge in [0.05, 0.1) is 31.8 Å². The number of esters is 4. The van der Waals surface area contributed by atoms with Crippen LogP contribution in [-0.4, -0.2) is 107 Å². The van der Waals surface area contributed by atoms with Gasteiger partial charge in [-0.3, -0.25) is 33.1 Å². The molecule has 0 radical (unpaired) electrons. The Balaban J connectivity index is 0.00000348. The molecule has 0 aliphatic rings. The van der Waals surface area contributed by atoms with Gasteiger partial charge in [0.1, 0.15) is 30.7 Å². The van der Waals surface area contributed by atoms with E-state index in [0.717, 1.165) is 109 Å². The quantitative estimate of drug-likeness (QED) is 0.00875. The number of phosphoric acid groups is 2. The maximum atomic E-state index is 12.8. The number of unbranched alkanes of at least 4 members (excludes halogenated alkanes) is 32. The average molecular weight is 1460 g/mol. The van der Waals surface area contributed by atoms with E-state index in [9.17, 15) is 68.4 Å². The Kier molecular flexibility index (Phi) is 58.3. The maximum absolute atomic E-state index is 12.8. The summed E-state index contributed by atoms with van der Waals surface area (Å²) in [6.45, 7) is 4.36. The first-order valence-corrected chi connectivity index (χ1v) is 39.2. The number of phenols is 3. The summed E-state index contributed by atoms with van der Waals surface area (Å²) in [6.07, 6.45) is 34.2. The Morgan fingerprint density at radius 1 is 0.424 bits per heavy atom. The Morgan fingerprint density at radius 3 is 1.09 bits per heavy atom. The number of carbonyl (C=O) groups excluding carboxylic acids is 4. The van der Waals surface area contributed by atoms with E-state index < -0.39 is 114 Å². The normalized spacial score (nSPS) is 13.3. The molecule has 0 saturated heterocycles. The van der Waals surface area contributed by atoms with E-state index in [-0.39, 0.29) is 119 Å². The molecule has 0 bridgehead atoms. The van der Waals surface area contributed by atoms with Gasteiger partial charge < -0.3 is 76.8 Å². The number of rotatable bonds is 59. The van der Waals surface area contributed by atoms with Crippen LogP contribution in [-0.2, 0) is 65.4 Å². The Hall–Kier alpha value is -3.09. The molecule has 3 aromatic rings. The monoisotopic (exact) mass is 1460 g/mol. The van der Waals surface area contributed by atoms with Crippen molar-refractivity contribution in [3.63, 3.8) is 0 Å². The third kappa shape index (κ3) is 49.3. The van der Waals surface area contributed by atoms with Gasteiger partial charge in [-0.1, -0.05) is 233 Å². The van der Waals surface area contributed by atoms with E-state index in [0.29, 0.717) is 25.7 Å². The van der Waals surface area contributed by atoms with Crippen molar-refractivity contribution >= 4 is 50.5 Å². The number of benzene rings is 2. The number of carbonyl (C=O) groups is 4. The number of phenolic OH excluding ortho intramolecular Hbond substituents is 3. The molecular weight excluding hydrogens is 1340 g/mol. The van der Waals surface area contributed by atoms with Crippen molar-refractivity contribution in [1.82, 2.24) is 0 Å². The Morgan fingerprint density at radius 2 is 0.747 bits per heavy atom. The van der Waals surface area contributed by atoms with Crippen molar-refractivity contribution in [2.45, 2.75) is 303 Å². The van der Waals surface area contributed by atoms with Gasteiger partial charge in [0, 0.05) is 37.3 Å². The molecule has 4 unspecified atom stereocenters. The molecule has 5 N–H and O–H groups in total. The van der Waals surface area contributed by atoms with Crippen molar-refractivity contribution in [3.8, 4) is 34.3 Å². The average Bonchev–Trinajstić information content (AvgIpc) is 0.780. The zero-order valence-corrected chi connectivity index (χ0v) is 66.5. The van der Waals surface area contributed by atoms with Crippen LogP contribution in [0.1, 0.15) is 285 Å². The molecule has 0 aliphatic heterocycles. The molecule has 0 fully saturated rings. The summed E-state index contributed by atoms with van der Waals surface area (Å²) in [5, 5.41) is 48.7. The maximum Gasteiger partial charge on any atom is 1.00 e. The summed E-state index contributed by atoms with van der Waals surface area (Å²) in [6, 6.07) is 7.64. The first kappa shape index (κ1) is 95.9. The van der Waals surface area contributed by atoms with E-state index in [4.69, 9.17) is 41.5 Å². The van der Waals surface area contributed by atoms with E-state index in [1.807, 2.05) is 0 Å². The smallest absolute Gasteiger partial charge is 0.756 e. The van der Waals surface area contributed by atoms with Crippen LogP contribution in [0.4, 0.5) is 0 Å². The van der Waals surface area contributed by atoms with Crippen LogP contribution < -0.4 is 74.3 Å². The van der Waals surface area contributed by atoms with Gasteiger partial charge in [0.2, 0.25) is 11.2 Å². The summed E-state index contributed by atoms with van der Waals surface area (Å²) >= 11 is 0. The summed E-state index contributed by atoms with van der Waals surface area (Å²) in [4.78, 5) is 88.3. The summed E-state index contributed by atoms with van der Waals surface area (Å²) in [5.41, 5.74) is -0.343. The van der Waals surface area contributed by atoms with Crippen LogP contribution in [0.15, 0.2) is 45.6 Å². The fourth-order valence-electron chi connectivity index (χ4n) is 10.4. The first-order chi connectivity index (χ1) is 46.6. The van der Waals surface area contributed by atoms with Gasteiger partial charge >= 0.3 is 83.0 Å². The molecule has 4 atom stereocenters. The van der Waals surface area contributed by atoms with Gasteiger partial charge in [0.25, 0.3) is 15.6 Å². The van der Waals surface area contributed by atoms with E-state index >= 15 is 0 Å². The van der Waals surface area contributed by atoms with Crippen molar-refractivity contribution in [2.75, 3.05) is 39.6 Å². The molecule has 1 aromatic heterocycles. The molecule has 0 saturated carbocycles. The first-order valence-electron chi connectivity index (χ1n) is 36.2. The van der Waals surface area contributed by atoms with Crippen LogP contribution in [0, 0.1) is 0 Å². The van der Waals surface area contributed by atoms with E-state index in [1.165, 1.54) is 133 Å². The van der Waals surface area contributed by atoms with Crippen LogP contribution in [0.3, 0.4) is 0 Å². The van der Waals surface area contributed by atoms with E-state index in [1.54, 1.807) is 0 Å². The van der Waals surface area contributed by atoms with Crippen molar-refractivity contribution in [3.05, 3.63) is 46.6 Å².